The molecule has 110 valence electrons. The van der Waals surface area contributed by atoms with E-state index >= 15 is 0 Å². The lowest BCUT2D eigenvalue weighted by Crippen LogP contribution is -2.36. The van der Waals surface area contributed by atoms with Crippen molar-refractivity contribution in [2.45, 2.75) is 19.5 Å². The van der Waals surface area contributed by atoms with Crippen LogP contribution in [0.1, 0.15) is 24.1 Å². The number of pyridine rings is 1. The van der Waals surface area contributed by atoms with Crippen molar-refractivity contribution in [3.63, 3.8) is 0 Å². The van der Waals surface area contributed by atoms with Crippen molar-refractivity contribution in [3.8, 4) is 0 Å². The van der Waals surface area contributed by atoms with Crippen LogP contribution in [0.3, 0.4) is 0 Å². The summed E-state index contributed by atoms with van der Waals surface area (Å²) in [5, 5.41) is 0. The van der Waals surface area contributed by atoms with E-state index in [1.165, 1.54) is 0 Å². The second-order valence-electron chi connectivity index (χ2n) is 5.27. The summed E-state index contributed by atoms with van der Waals surface area (Å²) in [6.45, 7) is 2.44. The molecule has 4 nitrogen and oxygen atoms in total. The largest absolute Gasteiger partial charge is 0.341 e. The molecule has 0 aliphatic rings. The minimum absolute atomic E-state index is 0.0446. The number of hydrogen-bond acceptors (Lipinski definition) is 3. The molecule has 0 spiro atoms. The van der Waals surface area contributed by atoms with E-state index < -0.39 is 0 Å². The first-order valence-corrected chi connectivity index (χ1v) is 7.04. The zero-order valence-corrected chi connectivity index (χ0v) is 12.4. The van der Waals surface area contributed by atoms with Crippen molar-refractivity contribution in [3.05, 3.63) is 66.0 Å². The molecule has 21 heavy (non-hydrogen) atoms. The number of nitrogens with two attached hydrogens (primary N) is 1. The number of aromatic nitrogens is 1. The zero-order chi connectivity index (χ0) is 15.2. The molecule has 0 aliphatic heterocycles. The maximum absolute atomic E-state index is 12.5. The Morgan fingerprint density at radius 3 is 2.43 bits per heavy atom. The van der Waals surface area contributed by atoms with Gasteiger partial charge in [0.2, 0.25) is 5.91 Å². The summed E-state index contributed by atoms with van der Waals surface area (Å²) in [7, 11) is 1.80. The Balaban J connectivity index is 2.01. The van der Waals surface area contributed by atoms with Gasteiger partial charge in [0.15, 0.2) is 0 Å². The van der Waals surface area contributed by atoms with Gasteiger partial charge in [-0.05, 0) is 23.3 Å². The molecule has 0 saturated carbocycles. The average Bonchev–Trinajstić information content (AvgIpc) is 2.54. The predicted molar refractivity (Wildman–Crippen MR) is 83.2 cm³/mol. The molecule has 2 atom stereocenters. The van der Waals surface area contributed by atoms with Gasteiger partial charge in [-0.3, -0.25) is 9.78 Å². The number of rotatable bonds is 5. The fourth-order valence-corrected chi connectivity index (χ4v) is 2.31. The van der Waals surface area contributed by atoms with Gasteiger partial charge in [0.25, 0.3) is 0 Å². The van der Waals surface area contributed by atoms with E-state index in [1.54, 1.807) is 24.3 Å². The fraction of sp³-hybridized carbons (Fsp3) is 0.294. The van der Waals surface area contributed by atoms with E-state index in [0.717, 1.165) is 11.1 Å². The Kier molecular flexibility index (Phi) is 5.06. The lowest BCUT2D eigenvalue weighted by Gasteiger charge is -2.25. The molecule has 0 saturated heterocycles. The van der Waals surface area contributed by atoms with Crippen LogP contribution in [0.4, 0.5) is 0 Å². The summed E-state index contributed by atoms with van der Waals surface area (Å²) in [6, 6.07) is 13.3. The number of nitrogens with zero attached hydrogens (tertiary/aromatic N) is 2. The summed E-state index contributed by atoms with van der Waals surface area (Å²) in [6.07, 6.45) is 3.46. The Morgan fingerprint density at radius 1 is 1.19 bits per heavy atom. The quantitative estimate of drug-likeness (QED) is 0.916. The highest BCUT2D eigenvalue weighted by molar-refractivity contribution is 5.79. The first kappa shape index (κ1) is 15.2. The monoisotopic (exact) mass is 283 g/mol. The van der Waals surface area contributed by atoms with Gasteiger partial charge < -0.3 is 10.6 Å². The van der Waals surface area contributed by atoms with Gasteiger partial charge in [-0.25, -0.2) is 0 Å². The highest BCUT2D eigenvalue weighted by Gasteiger charge is 2.24. The molecule has 0 aliphatic carbocycles. The molecule has 1 aromatic heterocycles. The standard InChI is InChI=1S/C17H21N3O/c1-13(16(18)15-6-4-3-5-7-15)17(21)20(2)12-14-8-10-19-11-9-14/h3-11,13,16H,12,18H2,1-2H3. The Hall–Kier alpha value is -2.20. The molecule has 0 bridgehead atoms. The summed E-state index contributed by atoms with van der Waals surface area (Å²) in [4.78, 5) is 18.2. The molecule has 1 amide bonds. The van der Waals surface area contributed by atoms with Gasteiger partial charge in [0.1, 0.15) is 0 Å². The van der Waals surface area contributed by atoms with E-state index in [-0.39, 0.29) is 17.9 Å². The van der Waals surface area contributed by atoms with Gasteiger partial charge in [0.05, 0.1) is 5.92 Å². The maximum Gasteiger partial charge on any atom is 0.227 e. The highest BCUT2D eigenvalue weighted by Crippen LogP contribution is 2.21. The van der Waals surface area contributed by atoms with E-state index in [9.17, 15) is 4.79 Å². The van der Waals surface area contributed by atoms with Crippen LogP contribution in [0.25, 0.3) is 0 Å². The third-order valence-electron chi connectivity index (χ3n) is 3.66. The number of amides is 1. The van der Waals surface area contributed by atoms with Gasteiger partial charge in [-0.1, -0.05) is 37.3 Å². The lowest BCUT2D eigenvalue weighted by molar-refractivity contribution is -0.134. The summed E-state index contributed by atoms with van der Waals surface area (Å²) >= 11 is 0. The maximum atomic E-state index is 12.5. The first-order chi connectivity index (χ1) is 10.1. The predicted octanol–water partition coefficient (Wildman–Crippen LogP) is 2.38. The van der Waals surface area contributed by atoms with Crippen LogP contribution in [0.15, 0.2) is 54.9 Å². The van der Waals surface area contributed by atoms with Gasteiger partial charge >= 0.3 is 0 Å². The molecule has 0 fully saturated rings. The smallest absolute Gasteiger partial charge is 0.227 e. The van der Waals surface area contributed by atoms with Crippen molar-refractivity contribution >= 4 is 5.91 Å². The molecule has 2 N–H and O–H groups in total. The topological polar surface area (TPSA) is 59.2 Å². The Bertz CT molecular complexity index is 571. The molecule has 1 aromatic carbocycles. The van der Waals surface area contributed by atoms with Crippen LogP contribution >= 0.6 is 0 Å². The summed E-state index contributed by atoms with van der Waals surface area (Å²) < 4.78 is 0. The third-order valence-corrected chi connectivity index (χ3v) is 3.66. The molecule has 4 heteroatoms. The lowest BCUT2D eigenvalue weighted by atomic mass is 9.94. The van der Waals surface area contributed by atoms with Gasteiger partial charge in [-0.15, -0.1) is 0 Å². The molecular formula is C17H21N3O. The third kappa shape index (κ3) is 3.89. The van der Waals surface area contributed by atoms with Crippen LogP contribution in [-0.2, 0) is 11.3 Å². The molecular weight excluding hydrogens is 262 g/mol. The van der Waals surface area contributed by atoms with Crippen LogP contribution in [0.5, 0.6) is 0 Å². The van der Waals surface area contributed by atoms with Crippen molar-refractivity contribution in [2.75, 3.05) is 7.05 Å². The van der Waals surface area contributed by atoms with Crippen LogP contribution in [0.2, 0.25) is 0 Å². The second-order valence-corrected chi connectivity index (χ2v) is 5.27. The van der Waals surface area contributed by atoms with Gasteiger partial charge in [0, 0.05) is 32.0 Å². The summed E-state index contributed by atoms with van der Waals surface area (Å²) in [5.41, 5.74) is 8.25. The van der Waals surface area contributed by atoms with Crippen LogP contribution < -0.4 is 5.73 Å². The number of carbonyl (C=O) groups is 1. The van der Waals surface area contributed by atoms with Crippen LogP contribution in [0, 0.1) is 5.92 Å². The van der Waals surface area contributed by atoms with Crippen molar-refractivity contribution < 1.29 is 4.79 Å². The minimum Gasteiger partial charge on any atom is -0.341 e. The Labute approximate surface area is 125 Å². The molecule has 1 heterocycles. The summed E-state index contributed by atoms with van der Waals surface area (Å²) in [5.74, 6) is -0.220. The van der Waals surface area contributed by atoms with Crippen molar-refractivity contribution in [1.29, 1.82) is 0 Å². The molecule has 2 unspecified atom stereocenters. The Morgan fingerprint density at radius 2 is 1.81 bits per heavy atom. The van der Waals surface area contributed by atoms with Crippen LogP contribution in [-0.4, -0.2) is 22.8 Å². The highest BCUT2D eigenvalue weighted by atomic mass is 16.2. The van der Waals surface area contributed by atoms with Gasteiger partial charge in [-0.2, -0.15) is 0 Å². The zero-order valence-electron chi connectivity index (χ0n) is 12.4. The first-order valence-electron chi connectivity index (χ1n) is 7.04. The fourth-order valence-electron chi connectivity index (χ4n) is 2.31. The normalized spacial score (nSPS) is 13.5. The number of carbonyl (C=O) groups excluding carboxylic acids is 1. The number of benzene rings is 1. The molecule has 2 aromatic rings. The van der Waals surface area contributed by atoms with Crippen molar-refractivity contribution in [1.82, 2.24) is 9.88 Å². The van der Waals surface area contributed by atoms with E-state index in [4.69, 9.17) is 5.73 Å². The van der Waals surface area contributed by atoms with E-state index in [1.807, 2.05) is 49.4 Å². The second kappa shape index (κ2) is 6.99. The molecule has 0 radical (unpaired) electrons. The SMILES string of the molecule is CC(C(=O)N(C)Cc1ccncc1)C(N)c1ccccc1. The van der Waals surface area contributed by atoms with Crippen molar-refractivity contribution in [2.24, 2.45) is 11.7 Å². The van der Waals surface area contributed by atoms with E-state index in [0.29, 0.717) is 6.54 Å². The number of hydrogen-bond donors (Lipinski definition) is 1. The molecule has 2 rings (SSSR count). The van der Waals surface area contributed by atoms with E-state index in [2.05, 4.69) is 4.98 Å². The average molecular weight is 283 g/mol. The minimum atomic E-state index is -0.293.